The molecular formula is C9H15LiO2. The van der Waals surface area contributed by atoms with Crippen LogP contribution in [-0.4, -0.2) is 5.60 Å². The summed E-state index contributed by atoms with van der Waals surface area (Å²) in [5, 5.41) is 10.8. The van der Waals surface area contributed by atoms with Crippen molar-refractivity contribution in [2.45, 2.75) is 40.2 Å². The van der Waals surface area contributed by atoms with Crippen LogP contribution in [0.25, 0.3) is 0 Å². The summed E-state index contributed by atoms with van der Waals surface area (Å²) in [6.45, 7) is 10.0. The Labute approximate surface area is 86.2 Å². The van der Waals surface area contributed by atoms with Gasteiger partial charge in [-0.05, 0) is 24.8 Å². The molecular weight excluding hydrogens is 147 g/mol. The molecule has 0 aromatic heterocycles. The molecule has 0 fully saturated rings. The second kappa shape index (κ2) is 3.01. The predicted octanol–water partition coefficient (Wildman–Crippen LogP) is -1.58. The summed E-state index contributed by atoms with van der Waals surface area (Å²) in [5.41, 5.74) is 0.500. The summed E-state index contributed by atoms with van der Waals surface area (Å²) in [5.74, 6) is -0.151. The molecule has 0 spiro atoms. The van der Waals surface area contributed by atoms with Crippen molar-refractivity contribution >= 4 is 0 Å². The molecule has 1 heterocycles. The third-order valence-electron chi connectivity index (χ3n) is 2.75. The van der Waals surface area contributed by atoms with Gasteiger partial charge in [0.2, 0.25) is 0 Å². The summed E-state index contributed by atoms with van der Waals surface area (Å²) in [7, 11) is 0. The maximum absolute atomic E-state index is 10.8. The van der Waals surface area contributed by atoms with Crippen LogP contribution >= 0.6 is 0 Å². The first-order valence-electron chi connectivity index (χ1n) is 3.86. The third kappa shape index (κ3) is 1.39. The van der Waals surface area contributed by atoms with Gasteiger partial charge in [0.1, 0.15) is 0 Å². The van der Waals surface area contributed by atoms with Gasteiger partial charge in [-0.25, -0.2) is 0 Å². The fraction of sp³-hybridized carbons (Fsp3) is 0.778. The van der Waals surface area contributed by atoms with E-state index in [1.54, 1.807) is 0 Å². The Morgan fingerprint density at radius 1 is 1.33 bits per heavy atom. The van der Waals surface area contributed by atoms with E-state index in [0.29, 0.717) is 0 Å². The normalized spacial score (nSPS) is 28.8. The van der Waals surface area contributed by atoms with Crippen LogP contribution in [0.3, 0.4) is 0 Å². The number of ether oxygens (including phenoxy) is 1. The van der Waals surface area contributed by atoms with Gasteiger partial charge in [0.25, 0.3) is 0 Å². The van der Waals surface area contributed by atoms with Crippen LogP contribution in [0, 0.1) is 5.41 Å². The SMILES string of the molecule is CC1=C([O-])OC1(C)C(C)(C)C.[Li+]. The van der Waals surface area contributed by atoms with Gasteiger partial charge in [-0.2, -0.15) is 0 Å². The van der Waals surface area contributed by atoms with Gasteiger partial charge in [0, 0.05) is 5.60 Å². The van der Waals surface area contributed by atoms with Gasteiger partial charge >= 0.3 is 18.9 Å². The third-order valence-corrected chi connectivity index (χ3v) is 2.75. The van der Waals surface area contributed by atoms with Crippen LogP contribution in [0.4, 0.5) is 0 Å². The molecule has 64 valence electrons. The first-order chi connectivity index (χ1) is 4.79. The average molecular weight is 162 g/mol. The van der Waals surface area contributed by atoms with Gasteiger partial charge < -0.3 is 9.84 Å². The van der Waals surface area contributed by atoms with E-state index in [9.17, 15) is 5.11 Å². The summed E-state index contributed by atoms with van der Waals surface area (Å²) in [4.78, 5) is 0. The van der Waals surface area contributed by atoms with Crippen molar-refractivity contribution in [3.63, 3.8) is 0 Å². The molecule has 0 aliphatic carbocycles. The molecule has 0 aromatic carbocycles. The summed E-state index contributed by atoms with van der Waals surface area (Å²) < 4.78 is 5.13. The van der Waals surface area contributed by atoms with Crippen LogP contribution in [-0.2, 0) is 4.74 Å². The molecule has 0 radical (unpaired) electrons. The van der Waals surface area contributed by atoms with Gasteiger partial charge in [0.15, 0.2) is 0 Å². The van der Waals surface area contributed by atoms with Crippen molar-refractivity contribution < 1.29 is 28.7 Å². The van der Waals surface area contributed by atoms with Crippen molar-refractivity contribution in [3.8, 4) is 0 Å². The molecule has 0 saturated carbocycles. The quantitative estimate of drug-likeness (QED) is 0.402. The maximum atomic E-state index is 10.8. The summed E-state index contributed by atoms with van der Waals surface area (Å²) >= 11 is 0. The van der Waals surface area contributed by atoms with E-state index in [4.69, 9.17) is 4.74 Å². The number of hydrogen-bond donors (Lipinski definition) is 0. The zero-order chi connectivity index (χ0) is 8.86. The first kappa shape index (κ1) is 11.9. The van der Waals surface area contributed by atoms with Crippen molar-refractivity contribution in [1.82, 2.24) is 0 Å². The van der Waals surface area contributed by atoms with E-state index >= 15 is 0 Å². The maximum Gasteiger partial charge on any atom is 1.00 e. The zero-order valence-electron chi connectivity index (χ0n) is 8.82. The minimum absolute atomic E-state index is 0. The molecule has 0 saturated heterocycles. The fourth-order valence-corrected chi connectivity index (χ4v) is 1.20. The van der Waals surface area contributed by atoms with E-state index in [1.165, 1.54) is 0 Å². The van der Waals surface area contributed by atoms with Crippen molar-refractivity contribution in [2.75, 3.05) is 0 Å². The average Bonchev–Trinajstić information content (AvgIpc) is 1.85. The van der Waals surface area contributed by atoms with Crippen molar-refractivity contribution in [2.24, 2.45) is 5.41 Å². The molecule has 0 amide bonds. The van der Waals surface area contributed by atoms with Gasteiger partial charge in [0.05, 0.1) is 5.95 Å². The van der Waals surface area contributed by atoms with Crippen LogP contribution < -0.4 is 24.0 Å². The largest absolute Gasteiger partial charge is 1.00 e. The molecule has 1 unspecified atom stereocenters. The molecule has 12 heavy (non-hydrogen) atoms. The Kier molecular flexibility index (Phi) is 3.00. The summed E-state index contributed by atoms with van der Waals surface area (Å²) in [6, 6.07) is 0. The number of rotatable bonds is 0. The molecule has 0 aromatic rings. The summed E-state index contributed by atoms with van der Waals surface area (Å²) in [6.07, 6.45) is 0. The molecule has 0 bridgehead atoms. The van der Waals surface area contributed by atoms with Crippen LogP contribution in [0.1, 0.15) is 34.6 Å². The molecule has 2 nitrogen and oxygen atoms in total. The molecule has 1 aliphatic rings. The van der Waals surface area contributed by atoms with E-state index in [1.807, 2.05) is 13.8 Å². The van der Waals surface area contributed by atoms with E-state index < -0.39 is 0 Å². The van der Waals surface area contributed by atoms with Gasteiger partial charge in [-0.1, -0.05) is 20.8 Å². The Bertz CT molecular complexity index is 215. The van der Waals surface area contributed by atoms with Crippen LogP contribution in [0.5, 0.6) is 0 Å². The Balaban J connectivity index is 0.00000121. The molecule has 3 heteroatoms. The second-order valence-electron chi connectivity index (χ2n) is 4.30. The van der Waals surface area contributed by atoms with E-state index in [0.717, 1.165) is 5.57 Å². The van der Waals surface area contributed by atoms with E-state index in [2.05, 4.69) is 20.8 Å². The van der Waals surface area contributed by atoms with Crippen LogP contribution in [0.2, 0.25) is 0 Å². The topological polar surface area (TPSA) is 32.3 Å². The minimum atomic E-state index is -0.343. The molecule has 1 aliphatic heterocycles. The van der Waals surface area contributed by atoms with Crippen LogP contribution in [0.15, 0.2) is 11.5 Å². The zero-order valence-corrected chi connectivity index (χ0v) is 8.82. The standard InChI is InChI=1S/C9H16O2.Li/c1-6-7(10)11-9(6,5)8(2,3)4;/h10H,1-5H3;/q;+1/p-1. The Morgan fingerprint density at radius 3 is 1.83 bits per heavy atom. The molecule has 1 rings (SSSR count). The smallest absolute Gasteiger partial charge is 0.602 e. The molecule has 1 atom stereocenters. The van der Waals surface area contributed by atoms with Crippen molar-refractivity contribution in [1.29, 1.82) is 0 Å². The van der Waals surface area contributed by atoms with E-state index in [-0.39, 0.29) is 35.8 Å². The van der Waals surface area contributed by atoms with Gasteiger partial charge in [-0.3, -0.25) is 0 Å². The Morgan fingerprint density at radius 2 is 1.75 bits per heavy atom. The van der Waals surface area contributed by atoms with Gasteiger partial charge in [-0.15, -0.1) is 0 Å². The number of hydrogen-bond acceptors (Lipinski definition) is 2. The predicted molar refractivity (Wildman–Crippen MR) is 41.6 cm³/mol. The monoisotopic (exact) mass is 162 g/mol. The fourth-order valence-electron chi connectivity index (χ4n) is 1.20. The molecule has 0 N–H and O–H groups in total. The van der Waals surface area contributed by atoms with Crippen molar-refractivity contribution in [3.05, 3.63) is 11.5 Å². The minimum Gasteiger partial charge on any atom is -0.602 e. The second-order valence-corrected chi connectivity index (χ2v) is 4.30. The first-order valence-corrected chi connectivity index (χ1v) is 3.86. The Hall–Kier alpha value is -0.0626.